The molecule has 0 aliphatic carbocycles. The third kappa shape index (κ3) is 32.6. The molecule has 0 aliphatic heterocycles. The van der Waals surface area contributed by atoms with E-state index in [0.29, 0.717) is 0 Å². The summed E-state index contributed by atoms with van der Waals surface area (Å²) in [5.41, 5.74) is -0.432. The van der Waals surface area contributed by atoms with E-state index in [1.807, 2.05) is 0 Å². The van der Waals surface area contributed by atoms with E-state index in [1.165, 1.54) is 167 Å². The maximum Gasteiger partial charge on any atom is 0.133 e. The molecule has 0 fully saturated rings. The Morgan fingerprint density at radius 1 is 0.324 bits per heavy atom. The largest absolute Gasteiger partial charge is 0.344 e. The first-order valence-corrected chi connectivity index (χ1v) is 18.0. The van der Waals surface area contributed by atoms with Crippen molar-refractivity contribution in [3.05, 3.63) is 0 Å². The van der Waals surface area contributed by atoms with Gasteiger partial charge in [-0.15, -0.1) is 0 Å². The van der Waals surface area contributed by atoms with E-state index in [2.05, 4.69) is 13.8 Å². The van der Waals surface area contributed by atoms with Crippen molar-refractivity contribution in [1.29, 1.82) is 0 Å². The molecule has 0 N–H and O–H groups in total. The third-order valence-corrected chi connectivity index (χ3v) is 8.51. The second kappa shape index (κ2) is 32.8. The quantitative estimate of drug-likeness (QED) is 0.0584. The van der Waals surface area contributed by atoms with Crippen LogP contribution in [0.2, 0.25) is 0 Å². The van der Waals surface area contributed by atoms with Crippen LogP contribution >= 0.6 is 23.2 Å². The Morgan fingerprint density at radius 2 is 0.514 bits per heavy atom. The Morgan fingerprint density at radius 3 is 0.730 bits per heavy atom. The van der Waals surface area contributed by atoms with Crippen LogP contribution in [-0.4, -0.2) is 11.1 Å². The molecular formula is C34H68Cl2O. The highest BCUT2D eigenvalue weighted by Gasteiger charge is 2.11. The first-order chi connectivity index (χ1) is 18.2. The van der Waals surface area contributed by atoms with Gasteiger partial charge in [0.2, 0.25) is 0 Å². The van der Waals surface area contributed by atoms with Gasteiger partial charge in [0.15, 0.2) is 0 Å². The summed E-state index contributed by atoms with van der Waals surface area (Å²) in [5, 5.41) is 0. The molecule has 0 aliphatic rings. The van der Waals surface area contributed by atoms with Gasteiger partial charge in [0.1, 0.15) is 11.1 Å². The summed E-state index contributed by atoms with van der Waals surface area (Å²) in [4.78, 5) is 0. The molecule has 2 unspecified atom stereocenters. The van der Waals surface area contributed by atoms with Crippen molar-refractivity contribution >= 4 is 23.2 Å². The van der Waals surface area contributed by atoms with Crippen molar-refractivity contribution in [3.63, 3.8) is 0 Å². The number of alkyl halides is 2. The van der Waals surface area contributed by atoms with Crippen LogP contribution in [-0.2, 0) is 4.74 Å². The summed E-state index contributed by atoms with van der Waals surface area (Å²) in [7, 11) is 0. The minimum absolute atomic E-state index is 0.216. The first-order valence-electron chi connectivity index (χ1n) is 17.1. The SMILES string of the molecule is CCCCCCCCCCCCCCCCC(Cl)OC(Cl)CCCCCCCCCCCCCCCC. The number of halogens is 2. The molecule has 2 atom stereocenters. The molecule has 0 heterocycles. The van der Waals surface area contributed by atoms with Gasteiger partial charge >= 0.3 is 0 Å². The van der Waals surface area contributed by atoms with Crippen LogP contribution in [0.15, 0.2) is 0 Å². The van der Waals surface area contributed by atoms with Crippen LogP contribution in [0.3, 0.4) is 0 Å². The first kappa shape index (κ1) is 37.5. The van der Waals surface area contributed by atoms with Gasteiger partial charge in [-0.3, -0.25) is 0 Å². The van der Waals surface area contributed by atoms with Gasteiger partial charge in [-0.05, 0) is 25.7 Å². The number of rotatable bonds is 32. The Labute approximate surface area is 245 Å². The monoisotopic (exact) mass is 562 g/mol. The van der Waals surface area contributed by atoms with Crippen LogP contribution in [0.1, 0.15) is 206 Å². The number of ether oxygens (including phenoxy) is 1. The summed E-state index contributed by atoms with van der Waals surface area (Å²) < 4.78 is 5.81. The van der Waals surface area contributed by atoms with E-state index in [4.69, 9.17) is 27.9 Å². The second-order valence-corrected chi connectivity index (χ2v) is 12.7. The highest BCUT2D eigenvalue weighted by Crippen LogP contribution is 2.20. The maximum atomic E-state index is 6.38. The molecule has 0 rings (SSSR count). The van der Waals surface area contributed by atoms with Crippen molar-refractivity contribution < 1.29 is 4.74 Å². The van der Waals surface area contributed by atoms with Gasteiger partial charge < -0.3 is 4.74 Å². The highest BCUT2D eigenvalue weighted by atomic mass is 35.5. The number of hydrogen-bond acceptors (Lipinski definition) is 1. The fraction of sp³-hybridized carbons (Fsp3) is 1.00. The third-order valence-electron chi connectivity index (χ3n) is 7.86. The van der Waals surface area contributed by atoms with Crippen LogP contribution in [0.4, 0.5) is 0 Å². The zero-order valence-corrected chi connectivity index (χ0v) is 27.0. The van der Waals surface area contributed by atoms with E-state index < -0.39 is 0 Å². The standard InChI is InChI=1S/C34H68Cl2O/c1-3-5-7-9-11-13-15-17-19-21-23-25-27-29-31-33(35)37-34(36)32-30-28-26-24-22-20-18-16-14-12-10-8-6-4-2/h33-34H,3-32H2,1-2H3. The van der Waals surface area contributed by atoms with E-state index in [-0.39, 0.29) is 11.1 Å². The molecular weight excluding hydrogens is 495 g/mol. The lowest BCUT2D eigenvalue weighted by Gasteiger charge is -2.16. The van der Waals surface area contributed by atoms with Gasteiger partial charge in [-0.25, -0.2) is 0 Å². The van der Waals surface area contributed by atoms with Gasteiger partial charge in [0.25, 0.3) is 0 Å². The summed E-state index contributed by atoms with van der Waals surface area (Å²) in [6.45, 7) is 4.58. The van der Waals surface area contributed by atoms with E-state index in [9.17, 15) is 0 Å². The number of hydrogen-bond donors (Lipinski definition) is 0. The van der Waals surface area contributed by atoms with Crippen molar-refractivity contribution in [2.75, 3.05) is 0 Å². The van der Waals surface area contributed by atoms with Gasteiger partial charge in [-0.1, -0.05) is 204 Å². The molecule has 0 saturated heterocycles. The van der Waals surface area contributed by atoms with Gasteiger partial charge in [0, 0.05) is 0 Å². The summed E-state index contributed by atoms with van der Waals surface area (Å²) >= 11 is 12.8. The van der Waals surface area contributed by atoms with Crippen LogP contribution in [0.5, 0.6) is 0 Å². The summed E-state index contributed by atoms with van der Waals surface area (Å²) in [5.74, 6) is 0. The minimum Gasteiger partial charge on any atom is -0.344 e. The topological polar surface area (TPSA) is 9.23 Å². The normalized spacial score (nSPS) is 13.3. The maximum absolute atomic E-state index is 6.38. The lowest BCUT2D eigenvalue weighted by Crippen LogP contribution is -2.13. The van der Waals surface area contributed by atoms with Gasteiger partial charge in [-0.2, -0.15) is 0 Å². The summed E-state index contributed by atoms with van der Waals surface area (Å²) in [6, 6.07) is 0. The molecule has 0 aromatic carbocycles. The fourth-order valence-electron chi connectivity index (χ4n) is 5.30. The molecule has 0 radical (unpaired) electrons. The molecule has 0 spiro atoms. The van der Waals surface area contributed by atoms with Crippen LogP contribution in [0.25, 0.3) is 0 Å². The predicted octanol–water partition coefficient (Wildman–Crippen LogP) is 13.9. The Balaban J connectivity index is 3.27. The lowest BCUT2D eigenvalue weighted by molar-refractivity contribution is 0.0690. The zero-order chi connectivity index (χ0) is 27.1. The lowest BCUT2D eigenvalue weighted by atomic mass is 10.0. The molecule has 0 amide bonds. The van der Waals surface area contributed by atoms with Crippen molar-refractivity contribution in [1.82, 2.24) is 0 Å². The average molecular weight is 564 g/mol. The molecule has 37 heavy (non-hydrogen) atoms. The van der Waals surface area contributed by atoms with Crippen LogP contribution in [0, 0.1) is 0 Å². The zero-order valence-electron chi connectivity index (χ0n) is 25.5. The highest BCUT2D eigenvalue weighted by molar-refractivity contribution is 6.21. The summed E-state index contributed by atoms with van der Waals surface area (Å²) in [6.07, 6.45) is 40.7. The van der Waals surface area contributed by atoms with Crippen molar-refractivity contribution in [3.8, 4) is 0 Å². The molecule has 3 heteroatoms. The fourth-order valence-corrected chi connectivity index (χ4v) is 5.90. The molecule has 0 aromatic heterocycles. The van der Waals surface area contributed by atoms with Crippen molar-refractivity contribution in [2.24, 2.45) is 0 Å². The van der Waals surface area contributed by atoms with Crippen LogP contribution < -0.4 is 0 Å². The van der Waals surface area contributed by atoms with Gasteiger partial charge in [0.05, 0.1) is 0 Å². The molecule has 224 valence electrons. The predicted molar refractivity (Wildman–Crippen MR) is 170 cm³/mol. The molecule has 0 saturated carbocycles. The Bertz CT molecular complexity index is 367. The minimum atomic E-state index is -0.216. The Kier molecular flexibility index (Phi) is 33.2. The smallest absolute Gasteiger partial charge is 0.133 e. The average Bonchev–Trinajstić information content (AvgIpc) is 2.89. The molecule has 0 bridgehead atoms. The molecule has 1 nitrogen and oxygen atoms in total. The van der Waals surface area contributed by atoms with Crippen molar-refractivity contribution in [2.45, 2.75) is 218 Å². The Hall–Kier alpha value is 0.540. The second-order valence-electron chi connectivity index (χ2n) is 11.7. The van der Waals surface area contributed by atoms with E-state index in [0.717, 1.165) is 25.7 Å². The number of unbranched alkanes of at least 4 members (excludes halogenated alkanes) is 26. The molecule has 0 aromatic rings. The van der Waals surface area contributed by atoms with E-state index in [1.54, 1.807) is 0 Å². The van der Waals surface area contributed by atoms with E-state index >= 15 is 0 Å².